The number of benzene rings is 1. The molecule has 0 bridgehead atoms. The van der Waals surface area contributed by atoms with Crippen LogP contribution in [-0.2, 0) is 9.59 Å². The van der Waals surface area contributed by atoms with Crippen LogP contribution in [-0.4, -0.2) is 31.0 Å². The Hall–Kier alpha value is -1.93. The van der Waals surface area contributed by atoms with Crippen molar-refractivity contribution in [1.82, 2.24) is 5.32 Å². The molecule has 24 heavy (non-hydrogen) atoms. The third-order valence-electron chi connectivity index (χ3n) is 3.16. The second-order valence-corrected chi connectivity index (χ2v) is 5.36. The van der Waals surface area contributed by atoms with Crippen molar-refractivity contribution in [2.75, 3.05) is 11.9 Å². The standard InChI is InChI=1S/C15H21F2N3O3.ClH/c1-8(2)12(18)14(22)19-7-11(21)20-13-9(3)5-4-6-10(13)23-15(16)17;/h4-6,8,12,15H,7,18H2,1-3H3,(H,19,22)(H,20,21);1H/t12-;/m0./s1. The fraction of sp³-hybridized carbons (Fsp3) is 0.467. The summed E-state index contributed by atoms with van der Waals surface area (Å²) in [4.78, 5) is 23.6. The van der Waals surface area contributed by atoms with E-state index in [1.807, 2.05) is 0 Å². The van der Waals surface area contributed by atoms with Crippen molar-refractivity contribution in [2.45, 2.75) is 33.4 Å². The molecule has 2 amide bonds. The van der Waals surface area contributed by atoms with Crippen LogP contribution in [0.25, 0.3) is 0 Å². The lowest BCUT2D eigenvalue weighted by atomic mass is 10.1. The maximum Gasteiger partial charge on any atom is 0.387 e. The zero-order valence-electron chi connectivity index (χ0n) is 13.6. The zero-order valence-corrected chi connectivity index (χ0v) is 14.5. The molecule has 0 heterocycles. The molecule has 0 saturated carbocycles. The summed E-state index contributed by atoms with van der Waals surface area (Å²) in [5, 5.41) is 4.85. The van der Waals surface area contributed by atoms with Gasteiger partial charge in [-0.2, -0.15) is 8.78 Å². The molecule has 0 aliphatic carbocycles. The number of alkyl halides is 2. The number of ether oxygens (including phenoxy) is 1. The van der Waals surface area contributed by atoms with E-state index in [4.69, 9.17) is 5.73 Å². The fourth-order valence-electron chi connectivity index (χ4n) is 1.77. The van der Waals surface area contributed by atoms with Gasteiger partial charge in [-0.05, 0) is 24.5 Å². The van der Waals surface area contributed by atoms with Gasteiger partial charge in [-0.25, -0.2) is 0 Å². The second kappa shape index (κ2) is 10.0. The molecule has 1 aromatic carbocycles. The van der Waals surface area contributed by atoms with E-state index in [2.05, 4.69) is 15.4 Å². The minimum absolute atomic E-state index is 0. The minimum Gasteiger partial charge on any atom is -0.433 e. The summed E-state index contributed by atoms with van der Waals surface area (Å²) >= 11 is 0. The maximum atomic E-state index is 12.4. The van der Waals surface area contributed by atoms with Crippen LogP contribution in [0.2, 0.25) is 0 Å². The number of nitrogens with one attached hydrogen (secondary N) is 2. The van der Waals surface area contributed by atoms with Gasteiger partial charge in [0.15, 0.2) is 0 Å². The molecule has 9 heteroatoms. The molecule has 0 spiro atoms. The van der Waals surface area contributed by atoms with Crippen molar-refractivity contribution in [3.63, 3.8) is 0 Å². The van der Waals surface area contributed by atoms with Crippen molar-refractivity contribution >= 4 is 29.9 Å². The quantitative estimate of drug-likeness (QED) is 0.689. The fourth-order valence-corrected chi connectivity index (χ4v) is 1.77. The molecule has 0 radical (unpaired) electrons. The number of halogens is 3. The number of carbonyl (C=O) groups excluding carboxylic acids is 2. The Balaban J connectivity index is 0.00000529. The Labute approximate surface area is 145 Å². The first-order valence-electron chi connectivity index (χ1n) is 7.10. The first-order valence-corrected chi connectivity index (χ1v) is 7.10. The van der Waals surface area contributed by atoms with Crippen molar-refractivity contribution < 1.29 is 23.1 Å². The third-order valence-corrected chi connectivity index (χ3v) is 3.16. The molecular weight excluding hydrogens is 344 g/mol. The van der Waals surface area contributed by atoms with Crippen molar-refractivity contribution in [3.05, 3.63) is 23.8 Å². The number of hydrogen-bond donors (Lipinski definition) is 3. The average Bonchev–Trinajstić information content (AvgIpc) is 2.46. The number of nitrogens with two attached hydrogens (primary N) is 1. The molecule has 4 N–H and O–H groups in total. The van der Waals surface area contributed by atoms with Crippen LogP contribution < -0.4 is 21.1 Å². The van der Waals surface area contributed by atoms with Crippen LogP contribution in [0.3, 0.4) is 0 Å². The lowest BCUT2D eigenvalue weighted by Crippen LogP contribution is -2.46. The lowest BCUT2D eigenvalue weighted by Gasteiger charge is -2.16. The lowest BCUT2D eigenvalue weighted by molar-refractivity contribution is -0.125. The summed E-state index contributed by atoms with van der Waals surface area (Å²) in [6.07, 6.45) is 0. The van der Waals surface area contributed by atoms with E-state index < -0.39 is 24.5 Å². The molecule has 0 unspecified atom stereocenters. The summed E-state index contributed by atoms with van der Waals surface area (Å²) in [6.45, 7) is 1.89. The molecule has 0 aliphatic heterocycles. The van der Waals surface area contributed by atoms with Gasteiger partial charge in [0.2, 0.25) is 11.8 Å². The van der Waals surface area contributed by atoms with Crippen molar-refractivity contribution in [3.8, 4) is 5.75 Å². The van der Waals surface area contributed by atoms with Gasteiger partial charge in [-0.1, -0.05) is 26.0 Å². The number of hydrogen-bond acceptors (Lipinski definition) is 4. The summed E-state index contributed by atoms with van der Waals surface area (Å²) in [7, 11) is 0. The number of para-hydroxylation sites is 1. The van der Waals surface area contributed by atoms with Crippen LogP contribution in [0.4, 0.5) is 14.5 Å². The summed E-state index contributed by atoms with van der Waals surface area (Å²) in [6, 6.07) is 3.77. The molecule has 1 rings (SSSR count). The van der Waals surface area contributed by atoms with E-state index in [9.17, 15) is 18.4 Å². The first-order chi connectivity index (χ1) is 10.7. The monoisotopic (exact) mass is 365 g/mol. The van der Waals surface area contributed by atoms with Gasteiger partial charge in [-0.3, -0.25) is 9.59 Å². The zero-order chi connectivity index (χ0) is 17.6. The van der Waals surface area contributed by atoms with Gasteiger partial charge in [0.1, 0.15) is 5.75 Å². The molecular formula is C15H22ClF2N3O3. The molecule has 0 fully saturated rings. The van der Waals surface area contributed by atoms with Crippen molar-refractivity contribution in [2.24, 2.45) is 11.7 Å². The van der Waals surface area contributed by atoms with E-state index in [0.717, 1.165) is 0 Å². The second-order valence-electron chi connectivity index (χ2n) is 5.36. The maximum absolute atomic E-state index is 12.4. The average molecular weight is 366 g/mol. The number of aryl methyl sites for hydroxylation is 1. The number of carbonyl (C=O) groups is 2. The minimum atomic E-state index is -3.00. The smallest absolute Gasteiger partial charge is 0.387 e. The molecule has 136 valence electrons. The number of rotatable bonds is 7. The Morgan fingerprint density at radius 2 is 1.92 bits per heavy atom. The van der Waals surface area contributed by atoms with E-state index >= 15 is 0 Å². The predicted octanol–water partition coefficient (Wildman–Crippen LogP) is 2.06. The molecule has 6 nitrogen and oxygen atoms in total. The Bertz CT molecular complexity index is 571. The highest BCUT2D eigenvalue weighted by Gasteiger charge is 2.18. The Kier molecular flexibility index (Phi) is 9.24. The third kappa shape index (κ3) is 6.67. The van der Waals surface area contributed by atoms with E-state index in [1.54, 1.807) is 26.8 Å². The number of anilines is 1. The Morgan fingerprint density at radius 1 is 1.29 bits per heavy atom. The largest absolute Gasteiger partial charge is 0.433 e. The molecule has 1 atom stereocenters. The van der Waals surface area contributed by atoms with Gasteiger partial charge < -0.3 is 21.1 Å². The van der Waals surface area contributed by atoms with E-state index in [0.29, 0.717) is 5.56 Å². The van der Waals surface area contributed by atoms with Gasteiger partial charge in [-0.15, -0.1) is 12.4 Å². The van der Waals surface area contributed by atoms with Crippen LogP contribution >= 0.6 is 12.4 Å². The Morgan fingerprint density at radius 3 is 2.46 bits per heavy atom. The predicted molar refractivity (Wildman–Crippen MR) is 89.5 cm³/mol. The molecule has 0 aliphatic rings. The van der Waals surface area contributed by atoms with Gasteiger partial charge in [0, 0.05) is 0 Å². The molecule has 1 aromatic rings. The topological polar surface area (TPSA) is 93.5 Å². The van der Waals surface area contributed by atoms with Gasteiger partial charge >= 0.3 is 6.61 Å². The normalized spacial score (nSPS) is 11.7. The highest BCUT2D eigenvalue weighted by atomic mass is 35.5. The van der Waals surface area contributed by atoms with E-state index in [1.165, 1.54) is 12.1 Å². The summed E-state index contributed by atoms with van der Waals surface area (Å²) in [5.41, 5.74) is 6.35. The molecule has 0 saturated heterocycles. The van der Waals surface area contributed by atoms with Crippen LogP contribution in [0.5, 0.6) is 5.75 Å². The highest BCUT2D eigenvalue weighted by Crippen LogP contribution is 2.29. The van der Waals surface area contributed by atoms with Crippen LogP contribution in [0, 0.1) is 12.8 Å². The van der Waals surface area contributed by atoms with Crippen LogP contribution in [0.15, 0.2) is 18.2 Å². The van der Waals surface area contributed by atoms with Crippen LogP contribution in [0.1, 0.15) is 19.4 Å². The molecule has 0 aromatic heterocycles. The SMILES string of the molecule is Cc1cccc(OC(F)F)c1NC(=O)CNC(=O)[C@@H](N)C(C)C.Cl. The first kappa shape index (κ1) is 22.1. The van der Waals surface area contributed by atoms with Gasteiger partial charge in [0.25, 0.3) is 0 Å². The summed E-state index contributed by atoms with van der Waals surface area (Å²) in [5.74, 6) is -1.23. The highest BCUT2D eigenvalue weighted by molar-refractivity contribution is 5.97. The van der Waals surface area contributed by atoms with Crippen molar-refractivity contribution in [1.29, 1.82) is 0 Å². The van der Waals surface area contributed by atoms with E-state index in [-0.39, 0.29) is 36.3 Å². The van der Waals surface area contributed by atoms with Gasteiger partial charge in [0.05, 0.1) is 18.3 Å². The summed E-state index contributed by atoms with van der Waals surface area (Å²) < 4.78 is 29.1. The number of amides is 2.